The number of halogens is 1. The van der Waals surface area contributed by atoms with Gasteiger partial charge in [-0.3, -0.25) is 0 Å². The molecule has 1 aromatic carbocycles. The van der Waals surface area contributed by atoms with Crippen molar-refractivity contribution in [3.63, 3.8) is 0 Å². The molecule has 0 unspecified atom stereocenters. The zero-order chi connectivity index (χ0) is 14.6. The lowest BCUT2D eigenvalue weighted by Gasteiger charge is -2.20. The Bertz CT molecular complexity index is 441. The third-order valence-electron chi connectivity index (χ3n) is 2.47. The highest BCUT2D eigenvalue weighted by atomic mass is 19.1. The van der Waals surface area contributed by atoms with Crippen LogP contribution in [0.1, 0.15) is 50.0 Å². The van der Waals surface area contributed by atoms with Gasteiger partial charge in [0.2, 0.25) is 0 Å². The number of aryl methyl sites for hydroxylation is 1. The molecular weight excluding hydrogens is 245 g/mol. The molecule has 1 N–H and O–H groups in total. The largest absolute Gasteiger partial charge is 0.456 e. The number of ether oxygens (including phenoxy) is 1. The number of rotatable bonds is 4. The summed E-state index contributed by atoms with van der Waals surface area (Å²) in [5, 5.41) is 3.10. The standard InChI is InChI=1S/C15H22FNO2/c1-6-7-17-11-8-10(2)13(12(16)9-11)14(18)19-15(3,4)5/h8-9,17H,6-7H2,1-5H3. The van der Waals surface area contributed by atoms with E-state index in [1.54, 1.807) is 33.8 Å². The van der Waals surface area contributed by atoms with Crippen LogP contribution in [0.15, 0.2) is 12.1 Å². The van der Waals surface area contributed by atoms with E-state index in [9.17, 15) is 9.18 Å². The average Bonchev–Trinajstić information content (AvgIpc) is 2.22. The summed E-state index contributed by atoms with van der Waals surface area (Å²) in [6, 6.07) is 3.10. The van der Waals surface area contributed by atoms with Crippen LogP contribution in [0.25, 0.3) is 0 Å². The predicted octanol–water partition coefficient (Wildman–Crippen LogP) is 3.91. The molecule has 106 valence electrons. The Balaban J connectivity index is 3.00. The van der Waals surface area contributed by atoms with Crippen LogP contribution < -0.4 is 5.32 Å². The molecule has 0 spiro atoms. The van der Waals surface area contributed by atoms with E-state index in [1.807, 2.05) is 6.92 Å². The van der Waals surface area contributed by atoms with Gasteiger partial charge in [-0.1, -0.05) is 6.92 Å². The fraction of sp³-hybridized carbons (Fsp3) is 0.533. The topological polar surface area (TPSA) is 38.3 Å². The van der Waals surface area contributed by atoms with E-state index >= 15 is 0 Å². The van der Waals surface area contributed by atoms with Crippen LogP contribution in [0, 0.1) is 12.7 Å². The second-order valence-corrected chi connectivity index (χ2v) is 5.58. The molecule has 0 amide bonds. The molecule has 0 aliphatic carbocycles. The molecule has 0 aromatic heterocycles. The fourth-order valence-electron chi connectivity index (χ4n) is 1.70. The zero-order valence-corrected chi connectivity index (χ0v) is 12.3. The van der Waals surface area contributed by atoms with Crippen molar-refractivity contribution in [2.45, 2.75) is 46.6 Å². The zero-order valence-electron chi connectivity index (χ0n) is 12.3. The molecule has 0 heterocycles. The molecule has 0 radical (unpaired) electrons. The first-order valence-electron chi connectivity index (χ1n) is 6.52. The van der Waals surface area contributed by atoms with Gasteiger partial charge in [0.25, 0.3) is 0 Å². The number of carbonyl (C=O) groups excluding carboxylic acids is 1. The minimum absolute atomic E-state index is 0.0111. The van der Waals surface area contributed by atoms with Gasteiger partial charge in [-0.05, 0) is 51.8 Å². The number of hydrogen-bond acceptors (Lipinski definition) is 3. The van der Waals surface area contributed by atoms with Crippen LogP contribution in [0.4, 0.5) is 10.1 Å². The number of carbonyl (C=O) groups is 1. The van der Waals surface area contributed by atoms with Gasteiger partial charge in [-0.15, -0.1) is 0 Å². The molecule has 0 aliphatic heterocycles. The Labute approximate surface area is 114 Å². The molecular formula is C15H22FNO2. The predicted molar refractivity (Wildman–Crippen MR) is 75.1 cm³/mol. The highest BCUT2D eigenvalue weighted by Crippen LogP contribution is 2.22. The van der Waals surface area contributed by atoms with E-state index in [1.165, 1.54) is 6.07 Å². The summed E-state index contributed by atoms with van der Waals surface area (Å²) in [7, 11) is 0. The second-order valence-electron chi connectivity index (χ2n) is 5.58. The molecule has 0 fully saturated rings. The van der Waals surface area contributed by atoms with Crippen LogP contribution in [0.3, 0.4) is 0 Å². The van der Waals surface area contributed by atoms with Crippen molar-refractivity contribution in [3.8, 4) is 0 Å². The molecule has 0 aliphatic rings. The molecule has 0 atom stereocenters. The molecule has 0 bridgehead atoms. The number of anilines is 1. The fourth-order valence-corrected chi connectivity index (χ4v) is 1.70. The Morgan fingerprint density at radius 3 is 2.47 bits per heavy atom. The minimum Gasteiger partial charge on any atom is -0.456 e. The van der Waals surface area contributed by atoms with Crippen molar-refractivity contribution >= 4 is 11.7 Å². The maximum absolute atomic E-state index is 14.0. The maximum atomic E-state index is 14.0. The van der Waals surface area contributed by atoms with Gasteiger partial charge in [0.05, 0.1) is 5.56 Å². The van der Waals surface area contributed by atoms with Gasteiger partial charge in [-0.25, -0.2) is 9.18 Å². The van der Waals surface area contributed by atoms with E-state index in [0.717, 1.165) is 13.0 Å². The Hall–Kier alpha value is -1.58. The lowest BCUT2D eigenvalue weighted by molar-refractivity contribution is 0.00640. The summed E-state index contributed by atoms with van der Waals surface area (Å²) in [5.41, 5.74) is 0.642. The van der Waals surface area contributed by atoms with Gasteiger partial charge in [0, 0.05) is 12.2 Å². The Morgan fingerprint density at radius 2 is 2.00 bits per heavy atom. The van der Waals surface area contributed by atoms with Crippen molar-refractivity contribution in [3.05, 3.63) is 29.1 Å². The van der Waals surface area contributed by atoms with Gasteiger partial charge in [-0.2, -0.15) is 0 Å². The SMILES string of the molecule is CCCNc1cc(C)c(C(=O)OC(C)(C)C)c(F)c1. The van der Waals surface area contributed by atoms with E-state index in [2.05, 4.69) is 5.32 Å². The summed E-state index contributed by atoms with van der Waals surface area (Å²) in [4.78, 5) is 11.9. The smallest absolute Gasteiger partial charge is 0.341 e. The highest BCUT2D eigenvalue weighted by Gasteiger charge is 2.22. The molecule has 4 heteroatoms. The van der Waals surface area contributed by atoms with Crippen LogP contribution in [0.5, 0.6) is 0 Å². The monoisotopic (exact) mass is 267 g/mol. The first-order valence-corrected chi connectivity index (χ1v) is 6.52. The third-order valence-corrected chi connectivity index (χ3v) is 2.47. The Kier molecular flexibility index (Phi) is 4.92. The molecule has 0 saturated carbocycles. The lowest BCUT2D eigenvalue weighted by atomic mass is 10.1. The molecule has 0 saturated heterocycles. The van der Waals surface area contributed by atoms with Crippen LogP contribution in [-0.2, 0) is 4.74 Å². The summed E-state index contributed by atoms with van der Waals surface area (Å²) >= 11 is 0. The van der Waals surface area contributed by atoms with Gasteiger partial charge in [0.1, 0.15) is 11.4 Å². The van der Waals surface area contributed by atoms with E-state index in [0.29, 0.717) is 11.3 Å². The first-order chi connectivity index (χ1) is 8.74. The van der Waals surface area contributed by atoms with Gasteiger partial charge >= 0.3 is 5.97 Å². The molecule has 1 rings (SSSR count). The van der Waals surface area contributed by atoms with Crippen LogP contribution in [0.2, 0.25) is 0 Å². The van der Waals surface area contributed by atoms with Crippen molar-refractivity contribution in [2.24, 2.45) is 0 Å². The van der Waals surface area contributed by atoms with Gasteiger partial charge < -0.3 is 10.1 Å². The third kappa shape index (κ3) is 4.54. The minimum atomic E-state index is -0.630. The van der Waals surface area contributed by atoms with Crippen LogP contribution >= 0.6 is 0 Å². The molecule has 3 nitrogen and oxygen atoms in total. The quantitative estimate of drug-likeness (QED) is 0.840. The van der Waals surface area contributed by atoms with E-state index < -0.39 is 17.4 Å². The molecule has 1 aromatic rings. The van der Waals surface area contributed by atoms with Crippen molar-refractivity contribution in [1.29, 1.82) is 0 Å². The van der Waals surface area contributed by atoms with E-state index in [4.69, 9.17) is 4.74 Å². The van der Waals surface area contributed by atoms with Crippen molar-refractivity contribution < 1.29 is 13.9 Å². The highest BCUT2D eigenvalue weighted by molar-refractivity contribution is 5.92. The summed E-state index contributed by atoms with van der Waals surface area (Å²) in [5.74, 6) is -1.17. The van der Waals surface area contributed by atoms with E-state index in [-0.39, 0.29) is 5.56 Å². The normalized spacial score (nSPS) is 11.3. The summed E-state index contributed by atoms with van der Waals surface area (Å²) in [6.45, 7) is 9.79. The summed E-state index contributed by atoms with van der Waals surface area (Å²) in [6.07, 6.45) is 0.953. The first kappa shape index (κ1) is 15.5. The summed E-state index contributed by atoms with van der Waals surface area (Å²) < 4.78 is 19.2. The van der Waals surface area contributed by atoms with Gasteiger partial charge in [0.15, 0.2) is 0 Å². The maximum Gasteiger partial charge on any atom is 0.341 e. The van der Waals surface area contributed by atoms with Crippen molar-refractivity contribution in [2.75, 3.05) is 11.9 Å². The second kappa shape index (κ2) is 6.04. The van der Waals surface area contributed by atoms with Crippen LogP contribution in [-0.4, -0.2) is 18.1 Å². The lowest BCUT2D eigenvalue weighted by Crippen LogP contribution is -2.25. The number of hydrogen-bond donors (Lipinski definition) is 1. The number of benzene rings is 1. The molecule has 19 heavy (non-hydrogen) atoms. The number of esters is 1. The number of nitrogens with one attached hydrogen (secondary N) is 1. The average molecular weight is 267 g/mol. The van der Waals surface area contributed by atoms with Crippen molar-refractivity contribution in [1.82, 2.24) is 0 Å². The Morgan fingerprint density at radius 1 is 1.37 bits per heavy atom.